The molecular formula is C19H25N5O3. The van der Waals surface area contributed by atoms with Gasteiger partial charge in [-0.25, -0.2) is 4.98 Å². The lowest BCUT2D eigenvalue weighted by Gasteiger charge is -2.35. The van der Waals surface area contributed by atoms with Crippen molar-refractivity contribution in [2.24, 2.45) is 0 Å². The van der Waals surface area contributed by atoms with Gasteiger partial charge in [-0.1, -0.05) is 0 Å². The van der Waals surface area contributed by atoms with Crippen LogP contribution in [-0.4, -0.2) is 61.2 Å². The van der Waals surface area contributed by atoms with E-state index in [9.17, 15) is 4.79 Å². The molecule has 27 heavy (non-hydrogen) atoms. The number of nitrogens with one attached hydrogen (secondary N) is 1. The van der Waals surface area contributed by atoms with Gasteiger partial charge >= 0.3 is 0 Å². The maximum absolute atomic E-state index is 11.5. The number of hydrogen-bond donors (Lipinski definition) is 1. The highest BCUT2D eigenvalue weighted by molar-refractivity contribution is 5.73. The molecule has 1 aromatic heterocycles. The highest BCUT2D eigenvalue weighted by atomic mass is 16.5. The van der Waals surface area contributed by atoms with Gasteiger partial charge in [0.1, 0.15) is 17.3 Å². The summed E-state index contributed by atoms with van der Waals surface area (Å²) in [6.07, 6.45) is 0. The molecule has 0 atom stereocenters. The monoisotopic (exact) mass is 371 g/mol. The Kier molecular flexibility index (Phi) is 5.63. The highest BCUT2D eigenvalue weighted by Crippen LogP contribution is 2.31. The number of ether oxygens (including phenoxy) is 2. The Bertz CT molecular complexity index is 819. The van der Waals surface area contributed by atoms with E-state index in [1.165, 1.54) is 0 Å². The quantitative estimate of drug-likeness (QED) is 0.863. The van der Waals surface area contributed by atoms with Crippen molar-refractivity contribution in [3.05, 3.63) is 30.0 Å². The first kappa shape index (κ1) is 18.8. The fourth-order valence-corrected chi connectivity index (χ4v) is 3.05. The van der Waals surface area contributed by atoms with Crippen LogP contribution in [0.5, 0.6) is 11.5 Å². The van der Waals surface area contributed by atoms with Crippen LogP contribution in [0.25, 0.3) is 0 Å². The van der Waals surface area contributed by atoms with Crippen molar-refractivity contribution in [3.63, 3.8) is 0 Å². The van der Waals surface area contributed by atoms with E-state index in [0.29, 0.717) is 30.5 Å². The van der Waals surface area contributed by atoms with Gasteiger partial charge in [-0.05, 0) is 19.1 Å². The number of carbonyl (C=O) groups excluding carboxylic acids is 1. The largest absolute Gasteiger partial charge is 0.497 e. The first-order chi connectivity index (χ1) is 13.0. The molecule has 1 aliphatic heterocycles. The molecule has 0 saturated carbocycles. The molecule has 1 aliphatic rings. The molecule has 144 valence electrons. The van der Waals surface area contributed by atoms with Crippen molar-refractivity contribution in [1.82, 2.24) is 14.9 Å². The summed E-state index contributed by atoms with van der Waals surface area (Å²) in [5.74, 6) is 2.84. The molecule has 1 N–H and O–H groups in total. The lowest BCUT2D eigenvalue weighted by Crippen LogP contribution is -2.48. The smallest absolute Gasteiger partial charge is 0.229 e. The fourth-order valence-electron chi connectivity index (χ4n) is 3.05. The van der Waals surface area contributed by atoms with Crippen LogP contribution in [0.3, 0.4) is 0 Å². The molecule has 0 unspecified atom stereocenters. The second-order valence-corrected chi connectivity index (χ2v) is 6.38. The van der Waals surface area contributed by atoms with Crippen LogP contribution in [0.1, 0.15) is 12.6 Å². The minimum atomic E-state index is 0.112. The number of aryl methyl sites for hydroxylation is 1. The number of hydrogen-bond acceptors (Lipinski definition) is 7. The molecular weight excluding hydrogens is 346 g/mol. The number of rotatable bonds is 5. The van der Waals surface area contributed by atoms with E-state index in [-0.39, 0.29) is 5.91 Å². The van der Waals surface area contributed by atoms with Crippen LogP contribution < -0.4 is 19.7 Å². The van der Waals surface area contributed by atoms with E-state index in [0.717, 1.165) is 30.3 Å². The number of methoxy groups -OCH3 is 2. The van der Waals surface area contributed by atoms with Gasteiger partial charge in [0.2, 0.25) is 11.9 Å². The third kappa shape index (κ3) is 4.39. The summed E-state index contributed by atoms with van der Waals surface area (Å²) < 4.78 is 10.7. The summed E-state index contributed by atoms with van der Waals surface area (Å²) in [6, 6.07) is 7.47. The van der Waals surface area contributed by atoms with Gasteiger partial charge in [0.05, 0.1) is 19.9 Å². The molecule has 1 aromatic carbocycles. The minimum absolute atomic E-state index is 0.112. The average molecular weight is 371 g/mol. The van der Waals surface area contributed by atoms with Gasteiger partial charge in [-0.2, -0.15) is 4.98 Å². The number of carbonyl (C=O) groups is 1. The zero-order valence-corrected chi connectivity index (χ0v) is 16.2. The van der Waals surface area contributed by atoms with Gasteiger partial charge in [-0.3, -0.25) is 4.79 Å². The summed E-state index contributed by atoms with van der Waals surface area (Å²) in [5, 5.41) is 3.23. The lowest BCUT2D eigenvalue weighted by molar-refractivity contribution is -0.129. The normalized spacial score (nSPS) is 14.1. The maximum atomic E-state index is 11.5. The molecule has 0 radical (unpaired) electrons. The summed E-state index contributed by atoms with van der Waals surface area (Å²) in [7, 11) is 3.23. The van der Waals surface area contributed by atoms with Crippen LogP contribution >= 0.6 is 0 Å². The number of benzene rings is 1. The SMILES string of the molecule is COc1ccc(OC)c(Nc2nc(C)cc(N3CCN(C(C)=O)CC3)n2)c1. The molecule has 8 nitrogen and oxygen atoms in total. The van der Waals surface area contributed by atoms with Crippen molar-refractivity contribution in [1.29, 1.82) is 0 Å². The fraction of sp³-hybridized carbons (Fsp3) is 0.421. The molecule has 0 bridgehead atoms. The first-order valence-electron chi connectivity index (χ1n) is 8.85. The average Bonchev–Trinajstić information content (AvgIpc) is 2.67. The molecule has 8 heteroatoms. The molecule has 1 fully saturated rings. The third-order valence-corrected chi connectivity index (χ3v) is 4.54. The van der Waals surface area contributed by atoms with Gasteiger partial charge in [-0.15, -0.1) is 0 Å². The van der Waals surface area contributed by atoms with Crippen LogP contribution in [0, 0.1) is 6.92 Å². The van der Waals surface area contributed by atoms with Crippen LogP contribution in [0.4, 0.5) is 17.5 Å². The van der Waals surface area contributed by atoms with Crippen molar-refractivity contribution in [2.45, 2.75) is 13.8 Å². The summed E-state index contributed by atoms with van der Waals surface area (Å²) in [6.45, 7) is 6.44. The van der Waals surface area contributed by atoms with Crippen LogP contribution in [-0.2, 0) is 4.79 Å². The van der Waals surface area contributed by atoms with E-state index in [4.69, 9.17) is 9.47 Å². The summed E-state index contributed by atoms with van der Waals surface area (Å²) in [5.41, 5.74) is 1.59. The van der Waals surface area contributed by atoms with Crippen LogP contribution in [0.2, 0.25) is 0 Å². The van der Waals surface area contributed by atoms with Crippen molar-refractivity contribution >= 4 is 23.4 Å². The summed E-state index contributed by atoms with van der Waals surface area (Å²) in [4.78, 5) is 24.7. The van der Waals surface area contributed by atoms with Crippen molar-refractivity contribution < 1.29 is 14.3 Å². The second kappa shape index (κ2) is 8.11. The third-order valence-electron chi connectivity index (χ3n) is 4.54. The Morgan fingerprint density at radius 2 is 1.81 bits per heavy atom. The Balaban J connectivity index is 1.81. The predicted molar refractivity (Wildman–Crippen MR) is 104 cm³/mol. The Morgan fingerprint density at radius 1 is 1.07 bits per heavy atom. The first-order valence-corrected chi connectivity index (χ1v) is 8.85. The zero-order valence-electron chi connectivity index (χ0n) is 16.2. The van der Waals surface area contributed by atoms with Crippen molar-refractivity contribution in [3.8, 4) is 11.5 Å². The molecule has 1 amide bonds. The molecule has 2 heterocycles. The van der Waals surface area contributed by atoms with Crippen LogP contribution in [0.15, 0.2) is 24.3 Å². The van der Waals surface area contributed by atoms with E-state index in [1.54, 1.807) is 21.1 Å². The molecule has 2 aromatic rings. The Morgan fingerprint density at radius 3 is 2.44 bits per heavy atom. The topological polar surface area (TPSA) is 79.8 Å². The number of anilines is 3. The maximum Gasteiger partial charge on any atom is 0.229 e. The Labute approximate surface area is 159 Å². The number of amides is 1. The molecule has 0 aliphatic carbocycles. The number of nitrogens with zero attached hydrogens (tertiary/aromatic N) is 4. The van der Waals surface area contributed by atoms with E-state index >= 15 is 0 Å². The summed E-state index contributed by atoms with van der Waals surface area (Å²) >= 11 is 0. The highest BCUT2D eigenvalue weighted by Gasteiger charge is 2.20. The standard InChI is InChI=1S/C19H25N5O3/c1-13-11-18(24-9-7-23(8-10-24)14(2)25)22-19(20-13)21-16-12-15(26-3)5-6-17(16)27-4/h5-6,11-12H,7-10H2,1-4H3,(H,20,21,22). The second-order valence-electron chi connectivity index (χ2n) is 6.38. The Hall–Kier alpha value is -3.03. The lowest BCUT2D eigenvalue weighted by atomic mass is 10.2. The molecule has 3 rings (SSSR count). The number of piperazine rings is 1. The predicted octanol–water partition coefficient (Wildman–Crippen LogP) is 2.21. The van der Waals surface area contributed by atoms with Gasteiger partial charge < -0.3 is 24.6 Å². The molecule has 1 saturated heterocycles. The van der Waals surface area contributed by atoms with Gasteiger partial charge in [0.15, 0.2) is 0 Å². The van der Waals surface area contributed by atoms with E-state index in [2.05, 4.69) is 20.2 Å². The number of aromatic nitrogens is 2. The molecule has 0 spiro atoms. The zero-order chi connectivity index (χ0) is 19.4. The minimum Gasteiger partial charge on any atom is -0.497 e. The van der Waals surface area contributed by atoms with Gasteiger partial charge in [0, 0.05) is 50.9 Å². The van der Waals surface area contributed by atoms with E-state index in [1.807, 2.05) is 36.1 Å². The van der Waals surface area contributed by atoms with E-state index < -0.39 is 0 Å². The van der Waals surface area contributed by atoms with Gasteiger partial charge in [0.25, 0.3) is 0 Å². The van der Waals surface area contributed by atoms with Crippen molar-refractivity contribution in [2.75, 3.05) is 50.6 Å².